The maximum Gasteiger partial charge on any atom is 0.119 e. The molecule has 0 spiro atoms. The van der Waals surface area contributed by atoms with Gasteiger partial charge in [-0.2, -0.15) is 0 Å². The van der Waals surface area contributed by atoms with E-state index in [1.165, 1.54) is 12.8 Å². The molecule has 1 saturated heterocycles. The maximum absolute atomic E-state index is 9.25. The molecule has 0 bridgehead atoms. The Labute approximate surface area is 89.7 Å². The first-order valence-electron chi connectivity index (χ1n) is 5.57. The average molecular weight is 210 g/mol. The first-order valence-corrected chi connectivity index (χ1v) is 5.57. The standard InChI is InChI=1S/C10H18N4O/c15-7-10-3-1-2-4-14(10)6-5-13-8-11-12-9-13/h8-10,15H,1-7H2. The average Bonchev–Trinajstić information content (AvgIpc) is 2.79. The molecule has 0 aliphatic carbocycles. The highest BCUT2D eigenvalue weighted by Crippen LogP contribution is 2.16. The summed E-state index contributed by atoms with van der Waals surface area (Å²) in [5.41, 5.74) is 0. The molecule has 1 aromatic heterocycles. The number of likely N-dealkylation sites (tertiary alicyclic amines) is 1. The Morgan fingerprint density at radius 1 is 1.20 bits per heavy atom. The molecule has 15 heavy (non-hydrogen) atoms. The molecule has 0 radical (unpaired) electrons. The summed E-state index contributed by atoms with van der Waals surface area (Å²) in [4.78, 5) is 2.36. The van der Waals surface area contributed by atoms with Crippen LogP contribution in [0.15, 0.2) is 12.7 Å². The van der Waals surface area contributed by atoms with Crippen LogP contribution >= 0.6 is 0 Å². The zero-order valence-corrected chi connectivity index (χ0v) is 8.92. The van der Waals surface area contributed by atoms with Crippen molar-refractivity contribution in [1.29, 1.82) is 0 Å². The van der Waals surface area contributed by atoms with E-state index in [1.54, 1.807) is 12.7 Å². The number of nitrogens with zero attached hydrogens (tertiary/aromatic N) is 4. The van der Waals surface area contributed by atoms with E-state index in [0.717, 1.165) is 26.1 Å². The third kappa shape index (κ3) is 2.76. The van der Waals surface area contributed by atoms with Gasteiger partial charge >= 0.3 is 0 Å². The zero-order valence-electron chi connectivity index (χ0n) is 8.92. The molecule has 5 heteroatoms. The summed E-state index contributed by atoms with van der Waals surface area (Å²) < 4.78 is 1.98. The SMILES string of the molecule is OCC1CCCCN1CCn1cnnc1. The number of aliphatic hydroxyl groups is 1. The second-order valence-corrected chi connectivity index (χ2v) is 4.07. The van der Waals surface area contributed by atoms with Crippen LogP contribution in [0.25, 0.3) is 0 Å². The Bertz CT molecular complexity index is 275. The smallest absolute Gasteiger partial charge is 0.119 e. The Kier molecular flexibility index (Phi) is 3.69. The zero-order chi connectivity index (χ0) is 10.5. The van der Waals surface area contributed by atoms with Crippen molar-refractivity contribution in [1.82, 2.24) is 19.7 Å². The Balaban J connectivity index is 1.81. The number of hydrogen-bond donors (Lipinski definition) is 1. The minimum atomic E-state index is 0.280. The molecule has 5 nitrogen and oxygen atoms in total. The third-order valence-corrected chi connectivity index (χ3v) is 3.07. The molecule has 1 unspecified atom stereocenters. The van der Waals surface area contributed by atoms with Crippen LogP contribution in [0.1, 0.15) is 19.3 Å². The fourth-order valence-electron chi connectivity index (χ4n) is 2.14. The third-order valence-electron chi connectivity index (χ3n) is 3.07. The van der Waals surface area contributed by atoms with E-state index in [0.29, 0.717) is 6.04 Å². The lowest BCUT2D eigenvalue weighted by Gasteiger charge is -2.34. The fourth-order valence-corrected chi connectivity index (χ4v) is 2.14. The quantitative estimate of drug-likeness (QED) is 0.767. The van der Waals surface area contributed by atoms with E-state index in [2.05, 4.69) is 15.1 Å². The summed E-state index contributed by atoms with van der Waals surface area (Å²) in [5, 5.41) is 16.8. The van der Waals surface area contributed by atoms with Crippen LogP contribution in [0.5, 0.6) is 0 Å². The van der Waals surface area contributed by atoms with Crippen LogP contribution in [0.2, 0.25) is 0 Å². The number of aromatic nitrogens is 3. The van der Waals surface area contributed by atoms with Gasteiger partial charge in [-0.15, -0.1) is 10.2 Å². The van der Waals surface area contributed by atoms with Gasteiger partial charge in [-0.1, -0.05) is 6.42 Å². The normalized spacial score (nSPS) is 23.1. The highest BCUT2D eigenvalue weighted by atomic mass is 16.3. The van der Waals surface area contributed by atoms with E-state index >= 15 is 0 Å². The fraction of sp³-hybridized carbons (Fsp3) is 0.800. The molecule has 1 atom stereocenters. The van der Waals surface area contributed by atoms with Gasteiger partial charge in [0.05, 0.1) is 6.61 Å². The first-order chi connectivity index (χ1) is 7.40. The minimum absolute atomic E-state index is 0.280. The van der Waals surface area contributed by atoms with Crippen LogP contribution < -0.4 is 0 Å². The lowest BCUT2D eigenvalue weighted by Crippen LogP contribution is -2.43. The molecule has 0 aromatic carbocycles. The van der Waals surface area contributed by atoms with Crippen molar-refractivity contribution in [3.8, 4) is 0 Å². The van der Waals surface area contributed by atoms with Crippen molar-refractivity contribution in [3.05, 3.63) is 12.7 Å². The number of aliphatic hydroxyl groups excluding tert-OH is 1. The molecular formula is C10H18N4O. The molecule has 0 amide bonds. The van der Waals surface area contributed by atoms with E-state index < -0.39 is 0 Å². The molecule has 84 valence electrons. The number of piperidine rings is 1. The largest absolute Gasteiger partial charge is 0.395 e. The van der Waals surface area contributed by atoms with Crippen LogP contribution in [0.4, 0.5) is 0 Å². The van der Waals surface area contributed by atoms with Gasteiger partial charge in [-0.05, 0) is 19.4 Å². The van der Waals surface area contributed by atoms with Gasteiger partial charge in [0.25, 0.3) is 0 Å². The summed E-state index contributed by atoms with van der Waals surface area (Å²) in [7, 11) is 0. The minimum Gasteiger partial charge on any atom is -0.395 e. The van der Waals surface area contributed by atoms with Gasteiger partial charge in [0, 0.05) is 19.1 Å². The maximum atomic E-state index is 9.25. The predicted molar refractivity (Wildman–Crippen MR) is 56.3 cm³/mol. The van der Waals surface area contributed by atoms with Crippen molar-refractivity contribution < 1.29 is 5.11 Å². The topological polar surface area (TPSA) is 54.2 Å². The summed E-state index contributed by atoms with van der Waals surface area (Å²) in [6.45, 7) is 3.27. The summed E-state index contributed by atoms with van der Waals surface area (Å²) in [6.07, 6.45) is 7.08. The number of rotatable bonds is 4. The van der Waals surface area contributed by atoms with Crippen molar-refractivity contribution in [2.75, 3.05) is 19.7 Å². The van der Waals surface area contributed by atoms with Gasteiger partial charge in [0.1, 0.15) is 12.7 Å². The molecular weight excluding hydrogens is 192 g/mol. The van der Waals surface area contributed by atoms with Gasteiger partial charge < -0.3 is 9.67 Å². The highest BCUT2D eigenvalue weighted by molar-refractivity contribution is 4.76. The van der Waals surface area contributed by atoms with Crippen molar-refractivity contribution in [2.24, 2.45) is 0 Å². The second-order valence-electron chi connectivity index (χ2n) is 4.07. The van der Waals surface area contributed by atoms with E-state index in [-0.39, 0.29) is 6.61 Å². The monoisotopic (exact) mass is 210 g/mol. The van der Waals surface area contributed by atoms with E-state index in [1.807, 2.05) is 4.57 Å². The molecule has 2 rings (SSSR count). The van der Waals surface area contributed by atoms with Gasteiger partial charge in [-0.25, -0.2) is 0 Å². The van der Waals surface area contributed by atoms with Crippen LogP contribution in [-0.4, -0.2) is 50.5 Å². The molecule has 1 fully saturated rings. The Hall–Kier alpha value is -0.940. The first kappa shape index (κ1) is 10.6. The molecule has 0 saturated carbocycles. The molecule has 1 aliphatic rings. The molecule has 2 heterocycles. The lowest BCUT2D eigenvalue weighted by molar-refractivity contribution is 0.0871. The van der Waals surface area contributed by atoms with Crippen molar-refractivity contribution >= 4 is 0 Å². The van der Waals surface area contributed by atoms with E-state index in [9.17, 15) is 5.11 Å². The second kappa shape index (κ2) is 5.23. The van der Waals surface area contributed by atoms with Crippen LogP contribution in [0, 0.1) is 0 Å². The lowest BCUT2D eigenvalue weighted by atomic mass is 10.0. The van der Waals surface area contributed by atoms with Gasteiger partial charge in [0.2, 0.25) is 0 Å². The summed E-state index contributed by atoms with van der Waals surface area (Å²) >= 11 is 0. The Morgan fingerprint density at radius 2 is 2.00 bits per heavy atom. The van der Waals surface area contributed by atoms with Crippen molar-refractivity contribution in [2.45, 2.75) is 31.8 Å². The van der Waals surface area contributed by atoms with E-state index in [4.69, 9.17) is 0 Å². The molecule has 1 aliphatic heterocycles. The summed E-state index contributed by atoms with van der Waals surface area (Å²) in [6, 6.07) is 0.357. The van der Waals surface area contributed by atoms with Crippen molar-refractivity contribution in [3.63, 3.8) is 0 Å². The molecule has 1 N–H and O–H groups in total. The van der Waals surface area contributed by atoms with Gasteiger partial charge in [0.15, 0.2) is 0 Å². The van der Waals surface area contributed by atoms with Crippen LogP contribution in [0.3, 0.4) is 0 Å². The van der Waals surface area contributed by atoms with Gasteiger partial charge in [-0.3, -0.25) is 4.90 Å². The predicted octanol–water partition coefficient (Wildman–Crippen LogP) is 0.125. The van der Waals surface area contributed by atoms with Crippen LogP contribution in [-0.2, 0) is 6.54 Å². The molecule has 1 aromatic rings. The Morgan fingerprint density at radius 3 is 2.73 bits per heavy atom. The highest BCUT2D eigenvalue weighted by Gasteiger charge is 2.20. The number of hydrogen-bond acceptors (Lipinski definition) is 4. The summed E-state index contributed by atoms with van der Waals surface area (Å²) in [5.74, 6) is 0.